The molecule has 1 heteroatoms. The molecule has 2 saturated carbocycles. The van der Waals surface area contributed by atoms with Gasteiger partial charge in [0.15, 0.2) is 0 Å². The van der Waals surface area contributed by atoms with Gasteiger partial charge in [-0.3, -0.25) is 0 Å². The predicted molar refractivity (Wildman–Crippen MR) is 81.6 cm³/mol. The van der Waals surface area contributed by atoms with Gasteiger partial charge in [-0.2, -0.15) is 0 Å². The SMILES string of the molecule is Cc1ccc(C2CCCCC2CNC2CC2)c(C)c1. The van der Waals surface area contributed by atoms with Crippen LogP contribution in [0.1, 0.15) is 61.1 Å². The van der Waals surface area contributed by atoms with Crippen molar-refractivity contribution in [2.45, 2.75) is 64.3 Å². The van der Waals surface area contributed by atoms with Gasteiger partial charge in [-0.05, 0) is 69.0 Å². The Morgan fingerprint density at radius 1 is 1.05 bits per heavy atom. The Labute approximate surface area is 117 Å². The molecule has 0 saturated heterocycles. The number of rotatable bonds is 4. The average molecular weight is 257 g/mol. The summed E-state index contributed by atoms with van der Waals surface area (Å²) in [5.74, 6) is 1.65. The van der Waals surface area contributed by atoms with Gasteiger partial charge in [0.25, 0.3) is 0 Å². The monoisotopic (exact) mass is 257 g/mol. The summed E-state index contributed by atoms with van der Waals surface area (Å²) in [7, 11) is 0. The van der Waals surface area contributed by atoms with E-state index in [0.29, 0.717) is 0 Å². The van der Waals surface area contributed by atoms with Gasteiger partial charge in [-0.15, -0.1) is 0 Å². The molecule has 0 aliphatic heterocycles. The van der Waals surface area contributed by atoms with E-state index < -0.39 is 0 Å². The summed E-state index contributed by atoms with van der Waals surface area (Å²) >= 11 is 0. The van der Waals surface area contributed by atoms with E-state index in [1.807, 2.05) is 0 Å². The summed E-state index contributed by atoms with van der Waals surface area (Å²) in [4.78, 5) is 0. The molecule has 2 fully saturated rings. The van der Waals surface area contributed by atoms with Gasteiger partial charge in [0, 0.05) is 6.04 Å². The third-order valence-corrected chi connectivity index (χ3v) is 4.98. The van der Waals surface area contributed by atoms with Crippen molar-refractivity contribution in [2.75, 3.05) is 6.54 Å². The molecule has 0 heterocycles. The van der Waals surface area contributed by atoms with Crippen LogP contribution in [0.25, 0.3) is 0 Å². The second kappa shape index (κ2) is 5.66. The Morgan fingerprint density at radius 2 is 1.84 bits per heavy atom. The zero-order chi connectivity index (χ0) is 13.2. The fourth-order valence-corrected chi connectivity index (χ4v) is 3.71. The van der Waals surface area contributed by atoms with Crippen LogP contribution in [0.2, 0.25) is 0 Å². The van der Waals surface area contributed by atoms with Crippen molar-refractivity contribution in [3.8, 4) is 0 Å². The maximum Gasteiger partial charge on any atom is 0.00683 e. The van der Waals surface area contributed by atoms with E-state index in [1.165, 1.54) is 56.2 Å². The van der Waals surface area contributed by atoms with Crippen molar-refractivity contribution in [1.29, 1.82) is 0 Å². The lowest BCUT2D eigenvalue weighted by Gasteiger charge is -2.33. The van der Waals surface area contributed by atoms with Crippen molar-refractivity contribution < 1.29 is 0 Å². The summed E-state index contributed by atoms with van der Waals surface area (Å²) in [5, 5.41) is 3.76. The molecule has 1 aromatic carbocycles. The number of hydrogen-bond donors (Lipinski definition) is 1. The third kappa shape index (κ3) is 3.20. The van der Waals surface area contributed by atoms with Crippen molar-refractivity contribution >= 4 is 0 Å². The van der Waals surface area contributed by atoms with E-state index >= 15 is 0 Å². The van der Waals surface area contributed by atoms with Crippen molar-refractivity contribution in [2.24, 2.45) is 5.92 Å². The predicted octanol–water partition coefficient (Wildman–Crippen LogP) is 4.33. The molecule has 0 radical (unpaired) electrons. The lowest BCUT2D eigenvalue weighted by molar-refractivity contribution is 0.294. The van der Waals surface area contributed by atoms with E-state index in [2.05, 4.69) is 37.4 Å². The average Bonchev–Trinajstić information content (AvgIpc) is 3.21. The molecule has 1 nitrogen and oxygen atoms in total. The van der Waals surface area contributed by atoms with Crippen molar-refractivity contribution in [3.63, 3.8) is 0 Å². The molecule has 2 aliphatic rings. The molecule has 19 heavy (non-hydrogen) atoms. The number of nitrogens with one attached hydrogen (secondary N) is 1. The highest BCUT2D eigenvalue weighted by Crippen LogP contribution is 2.39. The maximum atomic E-state index is 3.76. The topological polar surface area (TPSA) is 12.0 Å². The first-order valence-electron chi connectivity index (χ1n) is 8.04. The quantitative estimate of drug-likeness (QED) is 0.846. The van der Waals surface area contributed by atoms with E-state index in [1.54, 1.807) is 5.56 Å². The Kier molecular flexibility index (Phi) is 3.93. The third-order valence-electron chi connectivity index (χ3n) is 4.98. The summed E-state index contributed by atoms with van der Waals surface area (Å²) in [6.45, 7) is 5.73. The van der Waals surface area contributed by atoms with Crippen LogP contribution in [0, 0.1) is 19.8 Å². The first-order chi connectivity index (χ1) is 9.24. The summed E-state index contributed by atoms with van der Waals surface area (Å²) in [6.07, 6.45) is 8.46. The largest absolute Gasteiger partial charge is 0.314 e. The number of hydrogen-bond acceptors (Lipinski definition) is 1. The molecule has 0 bridgehead atoms. The lowest BCUT2D eigenvalue weighted by atomic mass is 9.74. The van der Waals surface area contributed by atoms with Crippen LogP contribution in [0.4, 0.5) is 0 Å². The normalized spacial score (nSPS) is 27.5. The van der Waals surface area contributed by atoms with Gasteiger partial charge in [0.05, 0.1) is 0 Å². The fraction of sp³-hybridized carbons (Fsp3) is 0.667. The molecule has 0 aromatic heterocycles. The van der Waals surface area contributed by atoms with Gasteiger partial charge in [0.2, 0.25) is 0 Å². The molecule has 2 unspecified atom stereocenters. The van der Waals surface area contributed by atoms with Crippen LogP contribution in [0.3, 0.4) is 0 Å². The Balaban J connectivity index is 1.74. The van der Waals surface area contributed by atoms with Crippen LogP contribution in [0.5, 0.6) is 0 Å². The first kappa shape index (κ1) is 13.2. The van der Waals surface area contributed by atoms with Crippen molar-refractivity contribution in [1.82, 2.24) is 5.32 Å². The molecule has 2 aliphatic carbocycles. The molecule has 2 atom stereocenters. The van der Waals surface area contributed by atoms with Crippen LogP contribution in [-0.4, -0.2) is 12.6 Å². The molecule has 1 N–H and O–H groups in total. The van der Waals surface area contributed by atoms with Crippen LogP contribution >= 0.6 is 0 Å². The van der Waals surface area contributed by atoms with Crippen LogP contribution in [0.15, 0.2) is 18.2 Å². The highest BCUT2D eigenvalue weighted by atomic mass is 14.9. The fourth-order valence-electron chi connectivity index (χ4n) is 3.71. The molecule has 1 aromatic rings. The van der Waals surface area contributed by atoms with E-state index in [9.17, 15) is 0 Å². The Bertz CT molecular complexity index is 433. The molecular formula is C18H27N. The standard InChI is InChI=1S/C18H27N/c1-13-7-10-17(14(2)11-13)18-6-4-3-5-15(18)12-19-16-8-9-16/h7,10-11,15-16,18-19H,3-6,8-9,12H2,1-2H3. The van der Waals surface area contributed by atoms with Gasteiger partial charge >= 0.3 is 0 Å². The molecule has 0 spiro atoms. The number of aryl methyl sites for hydroxylation is 2. The highest BCUT2D eigenvalue weighted by molar-refractivity contribution is 5.33. The summed E-state index contributed by atoms with van der Waals surface area (Å²) < 4.78 is 0. The van der Waals surface area contributed by atoms with Gasteiger partial charge in [-0.25, -0.2) is 0 Å². The minimum Gasteiger partial charge on any atom is -0.314 e. The zero-order valence-electron chi connectivity index (χ0n) is 12.4. The van der Waals surface area contributed by atoms with E-state index in [-0.39, 0.29) is 0 Å². The Hall–Kier alpha value is -0.820. The smallest absolute Gasteiger partial charge is 0.00683 e. The molecule has 104 valence electrons. The molecule has 3 rings (SSSR count). The zero-order valence-corrected chi connectivity index (χ0v) is 12.4. The first-order valence-corrected chi connectivity index (χ1v) is 8.04. The highest BCUT2D eigenvalue weighted by Gasteiger charge is 2.29. The van der Waals surface area contributed by atoms with Gasteiger partial charge in [-0.1, -0.05) is 36.6 Å². The maximum absolute atomic E-state index is 3.76. The van der Waals surface area contributed by atoms with Gasteiger partial charge < -0.3 is 5.32 Å². The molecule has 0 amide bonds. The second-order valence-corrected chi connectivity index (χ2v) is 6.69. The van der Waals surface area contributed by atoms with Crippen LogP contribution in [-0.2, 0) is 0 Å². The van der Waals surface area contributed by atoms with Gasteiger partial charge in [0.1, 0.15) is 0 Å². The summed E-state index contributed by atoms with van der Waals surface area (Å²) in [6, 6.07) is 7.89. The minimum absolute atomic E-state index is 0.792. The van der Waals surface area contributed by atoms with Crippen LogP contribution < -0.4 is 5.32 Å². The van der Waals surface area contributed by atoms with E-state index in [0.717, 1.165) is 17.9 Å². The second-order valence-electron chi connectivity index (χ2n) is 6.69. The molecular weight excluding hydrogens is 230 g/mol. The lowest BCUT2D eigenvalue weighted by Crippen LogP contribution is -2.31. The van der Waals surface area contributed by atoms with Crippen molar-refractivity contribution in [3.05, 3.63) is 34.9 Å². The Morgan fingerprint density at radius 3 is 2.58 bits per heavy atom. The van der Waals surface area contributed by atoms with E-state index in [4.69, 9.17) is 0 Å². The number of benzene rings is 1. The minimum atomic E-state index is 0.792. The summed E-state index contributed by atoms with van der Waals surface area (Å²) in [5.41, 5.74) is 4.51.